The molecular weight excluding hydrogens is 385 g/mol. The summed E-state index contributed by atoms with van der Waals surface area (Å²) in [6.07, 6.45) is -2.14. The van der Waals surface area contributed by atoms with E-state index in [9.17, 15) is 22.8 Å². The Balaban J connectivity index is 2.00. The summed E-state index contributed by atoms with van der Waals surface area (Å²) in [4.78, 5) is 27.6. The number of amides is 2. The van der Waals surface area contributed by atoms with Crippen molar-refractivity contribution in [2.45, 2.75) is 19.5 Å². The molecule has 142 valence electrons. The number of aromatic nitrogens is 1. The molecule has 2 amide bonds. The van der Waals surface area contributed by atoms with Crippen molar-refractivity contribution in [3.8, 4) is 0 Å². The Morgan fingerprint density at radius 3 is 2.63 bits per heavy atom. The highest BCUT2D eigenvalue weighted by Gasteiger charge is 2.34. The Hall–Kier alpha value is -2.94. The van der Waals surface area contributed by atoms with Crippen LogP contribution in [0.25, 0.3) is 0 Å². The second-order valence-corrected chi connectivity index (χ2v) is 5.88. The first-order valence-corrected chi connectivity index (χ1v) is 7.94. The lowest BCUT2D eigenvalue weighted by molar-refractivity contribution is -0.137. The highest BCUT2D eigenvalue weighted by molar-refractivity contribution is 6.30. The van der Waals surface area contributed by atoms with Gasteiger partial charge in [-0.1, -0.05) is 11.6 Å². The molecule has 10 heteroatoms. The minimum atomic E-state index is -4.67. The number of halogens is 4. The van der Waals surface area contributed by atoms with Crippen LogP contribution in [0, 0.1) is 0 Å². The Morgan fingerprint density at radius 1 is 1.26 bits per heavy atom. The van der Waals surface area contributed by atoms with Gasteiger partial charge in [-0.15, -0.1) is 0 Å². The summed E-state index contributed by atoms with van der Waals surface area (Å²) in [5.41, 5.74) is 1.25. The van der Waals surface area contributed by atoms with Gasteiger partial charge in [0.05, 0.1) is 23.2 Å². The predicted octanol–water partition coefficient (Wildman–Crippen LogP) is 3.89. The molecule has 0 aliphatic rings. The van der Waals surface area contributed by atoms with Crippen LogP contribution in [-0.2, 0) is 11.0 Å². The second-order valence-electron chi connectivity index (χ2n) is 5.44. The van der Waals surface area contributed by atoms with Crippen LogP contribution < -0.4 is 10.7 Å². The molecule has 0 spiro atoms. The minimum Gasteiger partial charge on any atom is -0.325 e. The van der Waals surface area contributed by atoms with Gasteiger partial charge in [0.25, 0.3) is 5.91 Å². The van der Waals surface area contributed by atoms with E-state index in [4.69, 9.17) is 11.6 Å². The average Bonchev–Trinajstić information content (AvgIpc) is 2.61. The van der Waals surface area contributed by atoms with E-state index in [-0.39, 0.29) is 22.7 Å². The largest absolute Gasteiger partial charge is 0.418 e. The number of carbonyl (C=O) groups excluding carboxylic acids is 2. The fourth-order valence-corrected chi connectivity index (χ4v) is 2.21. The number of nitrogens with zero attached hydrogens (tertiary/aromatic N) is 2. The van der Waals surface area contributed by atoms with Crippen molar-refractivity contribution in [3.05, 3.63) is 58.9 Å². The van der Waals surface area contributed by atoms with Crippen LogP contribution in [0.3, 0.4) is 0 Å². The van der Waals surface area contributed by atoms with Crippen molar-refractivity contribution in [1.82, 2.24) is 10.4 Å². The number of anilines is 1. The summed E-state index contributed by atoms with van der Waals surface area (Å²) >= 11 is 5.59. The Kier molecular flexibility index (Phi) is 6.51. The molecule has 0 unspecified atom stereocenters. The molecule has 2 N–H and O–H groups in total. The molecule has 0 saturated heterocycles. The molecule has 0 atom stereocenters. The maximum atomic E-state index is 13.0. The van der Waals surface area contributed by atoms with Gasteiger partial charge >= 0.3 is 6.18 Å². The quantitative estimate of drug-likeness (QED) is 0.592. The molecule has 1 aromatic carbocycles. The van der Waals surface area contributed by atoms with Crippen LogP contribution in [-0.4, -0.2) is 22.5 Å². The number of carbonyl (C=O) groups is 2. The van der Waals surface area contributed by atoms with E-state index in [2.05, 4.69) is 20.8 Å². The molecular formula is C17H14ClF3N4O2. The van der Waals surface area contributed by atoms with Gasteiger partial charge in [-0.2, -0.15) is 18.3 Å². The van der Waals surface area contributed by atoms with Crippen molar-refractivity contribution >= 4 is 34.8 Å². The molecule has 0 radical (unpaired) electrons. The molecule has 0 bridgehead atoms. The van der Waals surface area contributed by atoms with Crippen molar-refractivity contribution in [2.24, 2.45) is 5.10 Å². The topological polar surface area (TPSA) is 83.5 Å². The standard InChI is InChI=1S/C17H14ClF3N4O2/c1-10(24-25-16(27)11-3-2-6-22-9-11)7-15(26)23-14-5-4-12(18)8-13(14)17(19,20)21/h2-6,8-9H,7H2,1H3,(H,23,26)(H,25,27). The SMILES string of the molecule is CC(CC(=O)Nc1ccc(Cl)cc1C(F)(F)F)=NNC(=O)c1cccnc1. The number of rotatable bonds is 5. The molecule has 1 heterocycles. The summed E-state index contributed by atoms with van der Waals surface area (Å²) in [6.45, 7) is 1.45. The Morgan fingerprint density at radius 2 is 2.00 bits per heavy atom. The molecule has 1 aromatic heterocycles. The first-order valence-electron chi connectivity index (χ1n) is 7.57. The highest BCUT2D eigenvalue weighted by atomic mass is 35.5. The maximum absolute atomic E-state index is 13.0. The van der Waals surface area contributed by atoms with Crippen LogP contribution in [0.1, 0.15) is 29.3 Å². The van der Waals surface area contributed by atoms with E-state index >= 15 is 0 Å². The average molecular weight is 399 g/mol. The van der Waals surface area contributed by atoms with E-state index in [1.807, 2.05) is 0 Å². The van der Waals surface area contributed by atoms with Gasteiger partial charge in [0, 0.05) is 23.1 Å². The molecule has 6 nitrogen and oxygen atoms in total. The van der Waals surface area contributed by atoms with Crippen molar-refractivity contribution in [3.63, 3.8) is 0 Å². The zero-order valence-electron chi connectivity index (χ0n) is 14.0. The molecule has 0 saturated carbocycles. The van der Waals surface area contributed by atoms with Gasteiger partial charge in [-0.05, 0) is 37.3 Å². The number of alkyl halides is 3. The third-order valence-electron chi connectivity index (χ3n) is 3.25. The second kappa shape index (κ2) is 8.63. The molecule has 0 aliphatic carbocycles. The highest BCUT2D eigenvalue weighted by Crippen LogP contribution is 2.36. The van der Waals surface area contributed by atoms with Crippen LogP contribution in [0.4, 0.5) is 18.9 Å². The van der Waals surface area contributed by atoms with Crippen LogP contribution in [0.5, 0.6) is 0 Å². The molecule has 2 rings (SSSR count). The lowest BCUT2D eigenvalue weighted by atomic mass is 10.1. The van der Waals surface area contributed by atoms with E-state index < -0.39 is 29.2 Å². The predicted molar refractivity (Wildman–Crippen MR) is 94.5 cm³/mol. The van der Waals surface area contributed by atoms with Crippen molar-refractivity contribution in [2.75, 3.05) is 5.32 Å². The lowest BCUT2D eigenvalue weighted by Gasteiger charge is -2.14. The van der Waals surface area contributed by atoms with Crippen molar-refractivity contribution < 1.29 is 22.8 Å². The van der Waals surface area contributed by atoms with E-state index in [1.165, 1.54) is 31.5 Å². The van der Waals surface area contributed by atoms with Gasteiger partial charge in [-0.25, -0.2) is 5.43 Å². The summed E-state index contributed by atoms with van der Waals surface area (Å²) in [5, 5.41) is 5.83. The normalized spacial score (nSPS) is 11.8. The summed E-state index contributed by atoms with van der Waals surface area (Å²) in [7, 11) is 0. The number of hydrazone groups is 1. The van der Waals surface area contributed by atoms with Gasteiger partial charge in [0.1, 0.15) is 0 Å². The van der Waals surface area contributed by atoms with Crippen molar-refractivity contribution in [1.29, 1.82) is 0 Å². The fraction of sp³-hybridized carbons (Fsp3) is 0.176. The minimum absolute atomic E-state index is 0.101. The Labute approximate surface area is 157 Å². The van der Waals surface area contributed by atoms with Gasteiger partial charge in [0.2, 0.25) is 5.91 Å². The number of hydrogen-bond donors (Lipinski definition) is 2. The maximum Gasteiger partial charge on any atom is 0.418 e. The monoisotopic (exact) mass is 398 g/mol. The summed E-state index contributed by atoms with van der Waals surface area (Å²) in [5.74, 6) is -1.25. The van der Waals surface area contributed by atoms with E-state index in [0.29, 0.717) is 0 Å². The van der Waals surface area contributed by atoms with Crippen LogP contribution in [0.2, 0.25) is 5.02 Å². The van der Waals surface area contributed by atoms with Gasteiger partial charge in [-0.3, -0.25) is 14.6 Å². The summed E-state index contributed by atoms with van der Waals surface area (Å²) in [6, 6.07) is 6.13. The lowest BCUT2D eigenvalue weighted by Crippen LogP contribution is -2.22. The zero-order valence-corrected chi connectivity index (χ0v) is 14.7. The number of nitrogens with one attached hydrogen (secondary N) is 2. The Bertz CT molecular complexity index is 870. The first kappa shape index (κ1) is 20.4. The van der Waals surface area contributed by atoms with E-state index in [0.717, 1.165) is 12.1 Å². The number of benzene rings is 1. The van der Waals surface area contributed by atoms with Gasteiger partial charge in [0.15, 0.2) is 0 Å². The third kappa shape index (κ3) is 6.07. The first-order chi connectivity index (χ1) is 12.7. The number of pyridine rings is 1. The van der Waals surface area contributed by atoms with E-state index in [1.54, 1.807) is 6.07 Å². The molecule has 0 aliphatic heterocycles. The molecule has 2 aromatic rings. The number of hydrogen-bond acceptors (Lipinski definition) is 4. The summed E-state index contributed by atoms with van der Waals surface area (Å²) < 4.78 is 39.1. The van der Waals surface area contributed by atoms with Gasteiger partial charge < -0.3 is 5.32 Å². The third-order valence-corrected chi connectivity index (χ3v) is 3.48. The smallest absolute Gasteiger partial charge is 0.325 e. The fourth-order valence-electron chi connectivity index (χ4n) is 2.03. The van der Waals surface area contributed by atoms with Crippen LogP contribution >= 0.6 is 11.6 Å². The molecule has 27 heavy (non-hydrogen) atoms. The zero-order chi connectivity index (χ0) is 20.0. The van der Waals surface area contributed by atoms with Crippen LogP contribution in [0.15, 0.2) is 47.8 Å². The molecule has 0 fully saturated rings.